The number of hydrogen-bond donors (Lipinski definition) is 3. The second-order valence-corrected chi connectivity index (χ2v) is 7.32. The van der Waals surface area contributed by atoms with E-state index in [-0.39, 0.29) is 24.4 Å². The molecule has 2 amide bonds. The predicted octanol–water partition coefficient (Wildman–Crippen LogP) is 3.22. The Morgan fingerprint density at radius 1 is 1.17 bits per heavy atom. The van der Waals surface area contributed by atoms with Crippen molar-refractivity contribution in [2.75, 3.05) is 0 Å². The van der Waals surface area contributed by atoms with Crippen LogP contribution in [-0.4, -0.2) is 27.7 Å². The van der Waals surface area contributed by atoms with Gasteiger partial charge in [-0.1, -0.05) is 30.3 Å². The summed E-state index contributed by atoms with van der Waals surface area (Å²) in [7, 11) is 0. The SMILES string of the molecule is O=C(O)Cn1c2c(c3cc(F)ccc31)C[C@H](NC(=O)NCc1ccccc1)CC2. The van der Waals surface area contributed by atoms with Gasteiger partial charge in [0.25, 0.3) is 0 Å². The standard InChI is InChI=1S/C22H22FN3O3/c23-15-6-8-19-17(10-15)18-11-16(7-9-20(18)26(19)13-21(27)28)25-22(29)24-12-14-4-2-1-3-5-14/h1-6,8,10,16H,7,9,11-13H2,(H,27,28)(H2,24,25,29)/t16-/m1/s1. The van der Waals surface area contributed by atoms with Crippen molar-refractivity contribution in [2.24, 2.45) is 0 Å². The fourth-order valence-electron chi connectivity index (χ4n) is 4.08. The maximum Gasteiger partial charge on any atom is 0.323 e. The fourth-order valence-corrected chi connectivity index (χ4v) is 4.08. The number of carbonyl (C=O) groups excluding carboxylic acids is 1. The summed E-state index contributed by atoms with van der Waals surface area (Å²) < 4.78 is 15.6. The summed E-state index contributed by atoms with van der Waals surface area (Å²) in [5.41, 5.74) is 3.56. The molecule has 0 spiro atoms. The lowest BCUT2D eigenvalue weighted by Gasteiger charge is -2.25. The number of fused-ring (bicyclic) bond motifs is 3. The Morgan fingerprint density at radius 2 is 1.97 bits per heavy atom. The molecule has 1 atom stereocenters. The molecular formula is C22H22FN3O3. The first-order chi connectivity index (χ1) is 14.0. The largest absolute Gasteiger partial charge is 0.480 e. The minimum absolute atomic E-state index is 0.0922. The summed E-state index contributed by atoms with van der Waals surface area (Å²) in [6.45, 7) is 0.279. The van der Waals surface area contributed by atoms with Crippen molar-refractivity contribution in [3.05, 3.63) is 71.2 Å². The molecule has 29 heavy (non-hydrogen) atoms. The monoisotopic (exact) mass is 395 g/mol. The number of hydrogen-bond acceptors (Lipinski definition) is 2. The van der Waals surface area contributed by atoms with Crippen LogP contribution in [0.4, 0.5) is 9.18 Å². The fraction of sp³-hybridized carbons (Fsp3) is 0.273. The van der Waals surface area contributed by atoms with Gasteiger partial charge in [0.15, 0.2) is 0 Å². The lowest BCUT2D eigenvalue weighted by molar-refractivity contribution is -0.137. The van der Waals surface area contributed by atoms with E-state index in [4.69, 9.17) is 0 Å². The van der Waals surface area contributed by atoms with E-state index < -0.39 is 5.97 Å². The van der Waals surface area contributed by atoms with E-state index in [2.05, 4.69) is 10.6 Å². The molecular weight excluding hydrogens is 373 g/mol. The van der Waals surface area contributed by atoms with Crippen LogP contribution in [0.2, 0.25) is 0 Å². The normalized spacial score (nSPS) is 15.7. The van der Waals surface area contributed by atoms with Crippen molar-refractivity contribution in [3.63, 3.8) is 0 Å². The highest BCUT2D eigenvalue weighted by atomic mass is 19.1. The van der Waals surface area contributed by atoms with Crippen LogP contribution < -0.4 is 10.6 Å². The van der Waals surface area contributed by atoms with Gasteiger partial charge in [-0.15, -0.1) is 0 Å². The van der Waals surface area contributed by atoms with Gasteiger partial charge in [0.05, 0.1) is 0 Å². The van der Waals surface area contributed by atoms with Crippen molar-refractivity contribution in [3.8, 4) is 0 Å². The molecule has 0 aliphatic heterocycles. The molecule has 1 aromatic heterocycles. The number of halogens is 1. The molecule has 0 fully saturated rings. The summed E-state index contributed by atoms with van der Waals surface area (Å²) >= 11 is 0. The first-order valence-corrected chi connectivity index (χ1v) is 9.61. The van der Waals surface area contributed by atoms with E-state index in [0.717, 1.165) is 22.2 Å². The smallest absolute Gasteiger partial charge is 0.323 e. The third-order valence-corrected chi connectivity index (χ3v) is 5.35. The average Bonchev–Trinajstić information content (AvgIpc) is 2.99. The maximum absolute atomic E-state index is 13.8. The number of aromatic nitrogens is 1. The number of rotatable bonds is 5. The molecule has 1 aliphatic rings. The topological polar surface area (TPSA) is 83.4 Å². The van der Waals surface area contributed by atoms with Crippen LogP contribution in [0.15, 0.2) is 48.5 Å². The van der Waals surface area contributed by atoms with Crippen LogP contribution in [0.5, 0.6) is 0 Å². The molecule has 4 rings (SSSR count). The number of urea groups is 1. The number of benzene rings is 2. The molecule has 1 aliphatic carbocycles. The number of amides is 2. The third-order valence-electron chi connectivity index (χ3n) is 5.35. The molecule has 1 heterocycles. The van der Waals surface area contributed by atoms with Crippen LogP contribution in [0.3, 0.4) is 0 Å². The Labute approximate surface area is 167 Å². The van der Waals surface area contributed by atoms with E-state index in [1.807, 2.05) is 30.3 Å². The van der Waals surface area contributed by atoms with Gasteiger partial charge in [0.2, 0.25) is 0 Å². The zero-order chi connectivity index (χ0) is 20.4. The second-order valence-electron chi connectivity index (χ2n) is 7.32. The number of carbonyl (C=O) groups is 2. The van der Waals surface area contributed by atoms with Crippen LogP contribution in [0, 0.1) is 5.82 Å². The molecule has 7 heteroatoms. The van der Waals surface area contributed by atoms with Crippen LogP contribution in [-0.2, 0) is 30.7 Å². The van der Waals surface area contributed by atoms with Gasteiger partial charge < -0.3 is 20.3 Å². The van der Waals surface area contributed by atoms with Crippen molar-refractivity contribution in [1.82, 2.24) is 15.2 Å². The minimum atomic E-state index is -0.936. The lowest BCUT2D eigenvalue weighted by atomic mass is 9.91. The number of carboxylic acid groups (broad SMARTS) is 1. The number of nitrogens with zero attached hydrogens (tertiary/aromatic N) is 1. The first-order valence-electron chi connectivity index (χ1n) is 9.61. The lowest BCUT2D eigenvalue weighted by Crippen LogP contribution is -2.44. The van der Waals surface area contributed by atoms with Gasteiger partial charge in [-0.25, -0.2) is 9.18 Å². The maximum atomic E-state index is 13.8. The van der Waals surface area contributed by atoms with Gasteiger partial charge in [-0.3, -0.25) is 4.79 Å². The van der Waals surface area contributed by atoms with Crippen molar-refractivity contribution < 1.29 is 19.1 Å². The number of aliphatic carboxylic acids is 1. The van der Waals surface area contributed by atoms with Crippen LogP contribution >= 0.6 is 0 Å². The minimum Gasteiger partial charge on any atom is -0.480 e. The molecule has 150 valence electrons. The summed E-state index contributed by atoms with van der Waals surface area (Å²) in [5.74, 6) is -1.29. The van der Waals surface area contributed by atoms with E-state index in [0.29, 0.717) is 31.3 Å². The third kappa shape index (κ3) is 4.08. The van der Waals surface area contributed by atoms with Crippen LogP contribution in [0.25, 0.3) is 10.9 Å². The van der Waals surface area contributed by atoms with Crippen molar-refractivity contribution in [2.45, 2.75) is 38.4 Å². The molecule has 0 radical (unpaired) electrons. The van der Waals surface area contributed by atoms with E-state index in [9.17, 15) is 19.1 Å². The summed E-state index contributed by atoms with van der Waals surface area (Å²) in [6.07, 6.45) is 1.87. The summed E-state index contributed by atoms with van der Waals surface area (Å²) in [5, 5.41) is 15.8. The molecule has 0 bridgehead atoms. The second kappa shape index (κ2) is 7.95. The van der Waals surface area contributed by atoms with Crippen molar-refractivity contribution >= 4 is 22.9 Å². The van der Waals surface area contributed by atoms with E-state index in [1.54, 1.807) is 10.6 Å². The average molecular weight is 395 g/mol. The van der Waals surface area contributed by atoms with Crippen LogP contribution in [0.1, 0.15) is 23.2 Å². The van der Waals surface area contributed by atoms with Gasteiger partial charge in [0, 0.05) is 29.2 Å². The Bertz CT molecular complexity index is 1060. The molecule has 2 aromatic carbocycles. The van der Waals surface area contributed by atoms with Gasteiger partial charge >= 0.3 is 12.0 Å². The highest BCUT2D eigenvalue weighted by Crippen LogP contribution is 2.32. The molecule has 6 nitrogen and oxygen atoms in total. The Hall–Kier alpha value is -3.35. The molecule has 0 unspecified atom stereocenters. The highest BCUT2D eigenvalue weighted by Gasteiger charge is 2.27. The quantitative estimate of drug-likeness (QED) is 0.620. The number of carboxylic acids is 1. The summed E-state index contributed by atoms with van der Waals surface area (Å²) in [6, 6.07) is 13.7. The number of nitrogens with one attached hydrogen (secondary N) is 2. The Balaban J connectivity index is 1.50. The highest BCUT2D eigenvalue weighted by molar-refractivity contribution is 5.87. The zero-order valence-electron chi connectivity index (χ0n) is 15.8. The van der Waals surface area contributed by atoms with E-state index in [1.165, 1.54) is 12.1 Å². The summed E-state index contributed by atoms with van der Waals surface area (Å²) in [4.78, 5) is 23.6. The molecule has 3 aromatic rings. The van der Waals surface area contributed by atoms with Gasteiger partial charge in [0.1, 0.15) is 12.4 Å². The molecule has 3 N–H and O–H groups in total. The Kier molecular flexibility index (Phi) is 5.20. The van der Waals surface area contributed by atoms with Gasteiger partial charge in [-0.05, 0) is 48.6 Å². The van der Waals surface area contributed by atoms with E-state index >= 15 is 0 Å². The first kappa shape index (κ1) is 19.0. The molecule has 0 saturated heterocycles. The van der Waals surface area contributed by atoms with Crippen molar-refractivity contribution in [1.29, 1.82) is 0 Å². The predicted molar refractivity (Wildman–Crippen MR) is 107 cm³/mol. The zero-order valence-corrected chi connectivity index (χ0v) is 15.8. The van der Waals surface area contributed by atoms with Gasteiger partial charge in [-0.2, -0.15) is 0 Å². The Morgan fingerprint density at radius 3 is 2.72 bits per heavy atom. The molecule has 0 saturated carbocycles.